The SMILES string of the molecule is O=C(NCc1ccccn1)c1ccc2cc(C3=CCCC3)cc(C(F)(F)F)c2n1. The van der Waals surface area contributed by atoms with E-state index in [-0.39, 0.29) is 17.8 Å². The first-order valence-corrected chi connectivity index (χ1v) is 9.31. The molecule has 0 radical (unpaired) electrons. The molecule has 1 N–H and O–H groups in total. The highest BCUT2D eigenvalue weighted by molar-refractivity contribution is 5.96. The molecular formula is C22H18F3N3O. The van der Waals surface area contributed by atoms with Crippen molar-refractivity contribution in [2.24, 2.45) is 0 Å². The number of hydrogen-bond donors (Lipinski definition) is 1. The third-order valence-corrected chi connectivity index (χ3v) is 4.90. The van der Waals surface area contributed by atoms with Crippen LogP contribution in [0.3, 0.4) is 0 Å². The molecule has 29 heavy (non-hydrogen) atoms. The van der Waals surface area contributed by atoms with Crippen LogP contribution in [0, 0.1) is 0 Å². The lowest BCUT2D eigenvalue weighted by Gasteiger charge is -2.14. The van der Waals surface area contributed by atoms with Crippen LogP contribution in [-0.4, -0.2) is 15.9 Å². The quantitative estimate of drug-likeness (QED) is 0.663. The van der Waals surface area contributed by atoms with Crippen molar-refractivity contribution >= 4 is 22.4 Å². The maximum absolute atomic E-state index is 13.7. The van der Waals surface area contributed by atoms with Crippen molar-refractivity contribution in [2.45, 2.75) is 32.0 Å². The summed E-state index contributed by atoms with van der Waals surface area (Å²) in [5.74, 6) is -0.548. The second-order valence-electron chi connectivity index (χ2n) is 6.92. The number of nitrogens with zero attached hydrogens (tertiary/aromatic N) is 2. The van der Waals surface area contributed by atoms with Gasteiger partial charge in [-0.1, -0.05) is 18.2 Å². The van der Waals surface area contributed by atoms with Crippen LogP contribution in [0.1, 0.15) is 46.6 Å². The molecule has 1 aliphatic rings. The summed E-state index contributed by atoms with van der Waals surface area (Å²) < 4.78 is 41.2. The van der Waals surface area contributed by atoms with Crippen LogP contribution in [0.5, 0.6) is 0 Å². The molecule has 2 aromatic heterocycles. The molecule has 0 saturated carbocycles. The smallest absolute Gasteiger partial charge is 0.345 e. The van der Waals surface area contributed by atoms with Gasteiger partial charge in [-0.3, -0.25) is 9.78 Å². The largest absolute Gasteiger partial charge is 0.418 e. The maximum atomic E-state index is 13.7. The Morgan fingerprint density at radius 2 is 2.00 bits per heavy atom. The van der Waals surface area contributed by atoms with E-state index < -0.39 is 17.6 Å². The second-order valence-corrected chi connectivity index (χ2v) is 6.92. The van der Waals surface area contributed by atoms with Crippen molar-refractivity contribution in [3.8, 4) is 0 Å². The van der Waals surface area contributed by atoms with E-state index in [9.17, 15) is 18.0 Å². The van der Waals surface area contributed by atoms with Gasteiger partial charge in [-0.2, -0.15) is 13.2 Å². The zero-order valence-corrected chi connectivity index (χ0v) is 15.5. The van der Waals surface area contributed by atoms with Crippen molar-refractivity contribution in [1.82, 2.24) is 15.3 Å². The van der Waals surface area contributed by atoms with Gasteiger partial charge < -0.3 is 5.32 Å². The number of nitrogens with one attached hydrogen (secondary N) is 1. The average molecular weight is 397 g/mol. The van der Waals surface area contributed by atoms with Gasteiger partial charge in [0.2, 0.25) is 0 Å². The highest BCUT2D eigenvalue weighted by Gasteiger charge is 2.34. The number of aromatic nitrogens is 2. The summed E-state index contributed by atoms with van der Waals surface area (Å²) in [6.45, 7) is 0.165. The highest BCUT2D eigenvalue weighted by atomic mass is 19.4. The van der Waals surface area contributed by atoms with Gasteiger partial charge in [0.25, 0.3) is 5.91 Å². The molecule has 148 valence electrons. The summed E-state index contributed by atoms with van der Waals surface area (Å²) in [5.41, 5.74) is 1.03. The van der Waals surface area contributed by atoms with Gasteiger partial charge in [0, 0.05) is 11.6 Å². The van der Waals surface area contributed by atoms with Crippen LogP contribution in [0.4, 0.5) is 13.2 Å². The molecule has 0 fully saturated rings. The number of amides is 1. The molecule has 0 saturated heterocycles. The number of fused-ring (bicyclic) bond motifs is 1. The van der Waals surface area contributed by atoms with Gasteiger partial charge in [-0.25, -0.2) is 4.98 Å². The van der Waals surface area contributed by atoms with Crippen molar-refractivity contribution in [1.29, 1.82) is 0 Å². The summed E-state index contributed by atoms with van der Waals surface area (Å²) in [6, 6.07) is 11.1. The van der Waals surface area contributed by atoms with E-state index in [0.29, 0.717) is 16.6 Å². The lowest BCUT2D eigenvalue weighted by Crippen LogP contribution is -2.24. The predicted octanol–water partition coefficient (Wildman–Crippen LogP) is 5.15. The summed E-state index contributed by atoms with van der Waals surface area (Å²) >= 11 is 0. The first-order valence-electron chi connectivity index (χ1n) is 9.31. The van der Waals surface area contributed by atoms with Crippen LogP contribution < -0.4 is 5.32 Å². The summed E-state index contributed by atoms with van der Waals surface area (Å²) in [5, 5.41) is 3.00. The standard InChI is InChI=1S/C22H18F3N3O/c23-22(24,25)18-12-16(14-5-1-2-6-14)11-15-8-9-19(28-20(15)18)21(29)27-13-17-7-3-4-10-26-17/h3-5,7-12H,1-2,6,13H2,(H,27,29). The molecule has 2 heterocycles. The molecule has 4 nitrogen and oxygen atoms in total. The molecule has 0 bridgehead atoms. The molecule has 4 rings (SSSR count). The van der Waals surface area contributed by atoms with E-state index in [4.69, 9.17) is 0 Å². The molecule has 1 aliphatic carbocycles. The van der Waals surface area contributed by atoms with Crippen LogP contribution in [0.25, 0.3) is 16.5 Å². The number of rotatable bonds is 4. The van der Waals surface area contributed by atoms with Crippen molar-refractivity contribution in [3.05, 3.63) is 77.3 Å². The number of pyridine rings is 2. The van der Waals surface area contributed by atoms with Gasteiger partial charge in [0.15, 0.2) is 0 Å². The minimum atomic E-state index is -4.57. The van der Waals surface area contributed by atoms with Crippen LogP contribution in [0.2, 0.25) is 0 Å². The number of benzene rings is 1. The number of carbonyl (C=O) groups excluding carboxylic acids is 1. The zero-order chi connectivity index (χ0) is 20.4. The second kappa shape index (κ2) is 7.66. The summed E-state index contributed by atoms with van der Waals surface area (Å²) in [6.07, 6.45) is 1.61. The molecular weight excluding hydrogens is 379 g/mol. The third-order valence-electron chi connectivity index (χ3n) is 4.90. The van der Waals surface area contributed by atoms with Crippen LogP contribution in [0.15, 0.2) is 54.7 Å². The summed E-state index contributed by atoms with van der Waals surface area (Å²) in [7, 11) is 0. The number of alkyl halides is 3. The minimum absolute atomic E-state index is 0.0632. The van der Waals surface area contributed by atoms with Gasteiger partial charge in [-0.05, 0) is 60.7 Å². The molecule has 3 aromatic rings. The number of hydrogen-bond acceptors (Lipinski definition) is 3. The Balaban J connectivity index is 1.69. The molecule has 0 aliphatic heterocycles. The minimum Gasteiger partial charge on any atom is -0.345 e. The highest BCUT2D eigenvalue weighted by Crippen LogP contribution is 2.38. The first kappa shape index (κ1) is 19.1. The summed E-state index contributed by atoms with van der Waals surface area (Å²) in [4.78, 5) is 20.6. The Kier molecular flexibility index (Phi) is 5.05. The van der Waals surface area contributed by atoms with E-state index in [0.717, 1.165) is 30.9 Å². The predicted molar refractivity (Wildman–Crippen MR) is 104 cm³/mol. The molecule has 1 aromatic carbocycles. The fraction of sp³-hybridized carbons (Fsp3) is 0.227. The van der Waals surface area contributed by atoms with E-state index in [1.54, 1.807) is 30.5 Å². The average Bonchev–Trinajstić information content (AvgIpc) is 3.26. The van der Waals surface area contributed by atoms with Gasteiger partial charge >= 0.3 is 6.18 Å². The fourth-order valence-corrected chi connectivity index (χ4v) is 3.46. The van der Waals surface area contributed by atoms with Crippen LogP contribution in [-0.2, 0) is 12.7 Å². The monoisotopic (exact) mass is 397 g/mol. The Morgan fingerprint density at radius 3 is 2.69 bits per heavy atom. The third kappa shape index (κ3) is 4.13. The number of halogens is 3. The zero-order valence-electron chi connectivity index (χ0n) is 15.5. The van der Waals surface area contributed by atoms with Crippen molar-refractivity contribution < 1.29 is 18.0 Å². The fourth-order valence-electron chi connectivity index (χ4n) is 3.46. The van der Waals surface area contributed by atoms with Gasteiger partial charge in [-0.15, -0.1) is 0 Å². The Bertz CT molecular complexity index is 1090. The lowest BCUT2D eigenvalue weighted by molar-refractivity contribution is -0.136. The van der Waals surface area contributed by atoms with Crippen molar-refractivity contribution in [2.75, 3.05) is 0 Å². The molecule has 0 spiro atoms. The normalized spacial score (nSPS) is 14.1. The Labute approximate surface area is 165 Å². The Hall–Kier alpha value is -3.22. The van der Waals surface area contributed by atoms with Gasteiger partial charge in [0.05, 0.1) is 23.3 Å². The van der Waals surface area contributed by atoms with Gasteiger partial charge in [0.1, 0.15) is 5.69 Å². The van der Waals surface area contributed by atoms with E-state index in [1.807, 2.05) is 6.08 Å². The van der Waals surface area contributed by atoms with Crippen molar-refractivity contribution in [3.63, 3.8) is 0 Å². The molecule has 0 atom stereocenters. The lowest BCUT2D eigenvalue weighted by atomic mass is 9.98. The molecule has 1 amide bonds. The first-order chi connectivity index (χ1) is 13.9. The van der Waals surface area contributed by atoms with E-state index in [1.165, 1.54) is 12.1 Å². The molecule has 7 heteroatoms. The number of allylic oxidation sites excluding steroid dienone is 2. The Morgan fingerprint density at radius 1 is 1.14 bits per heavy atom. The van der Waals surface area contributed by atoms with Crippen LogP contribution >= 0.6 is 0 Å². The maximum Gasteiger partial charge on any atom is 0.418 e. The number of carbonyl (C=O) groups is 1. The topological polar surface area (TPSA) is 54.9 Å². The van der Waals surface area contributed by atoms with E-state index in [2.05, 4.69) is 15.3 Å². The molecule has 0 unspecified atom stereocenters. The van der Waals surface area contributed by atoms with E-state index >= 15 is 0 Å².